The molecule has 0 saturated heterocycles. The molecule has 0 bridgehead atoms. The summed E-state index contributed by atoms with van der Waals surface area (Å²) in [4.78, 5) is 4.38. The Kier molecular flexibility index (Phi) is 2.41. The first-order valence-electron chi connectivity index (χ1n) is 4.62. The molecule has 2 rings (SSSR count). The Morgan fingerprint density at radius 2 is 2.23 bits per heavy atom. The summed E-state index contributed by atoms with van der Waals surface area (Å²) in [5, 5.41) is 8.79. The highest BCUT2D eigenvalue weighted by Gasteiger charge is 2.13. The van der Waals surface area contributed by atoms with Gasteiger partial charge in [0.2, 0.25) is 0 Å². The lowest BCUT2D eigenvalue weighted by Crippen LogP contribution is -2.16. The van der Waals surface area contributed by atoms with E-state index in [1.165, 1.54) is 11.1 Å². The van der Waals surface area contributed by atoms with Crippen LogP contribution >= 0.6 is 0 Å². The van der Waals surface area contributed by atoms with Gasteiger partial charge in [-0.05, 0) is 24.0 Å². The van der Waals surface area contributed by atoms with E-state index in [-0.39, 0.29) is 12.6 Å². The Hall–Kier alpha value is -1.15. The molecule has 2 heteroatoms. The van der Waals surface area contributed by atoms with Crippen molar-refractivity contribution < 1.29 is 5.11 Å². The number of aliphatic hydroxyl groups excluding tert-OH is 1. The van der Waals surface area contributed by atoms with Gasteiger partial charge >= 0.3 is 0 Å². The molecule has 0 saturated carbocycles. The van der Waals surface area contributed by atoms with E-state index in [1.807, 2.05) is 18.3 Å². The van der Waals surface area contributed by atoms with Crippen molar-refractivity contribution in [3.63, 3.8) is 0 Å². The fourth-order valence-electron chi connectivity index (χ4n) is 1.66. The Morgan fingerprint density at radius 3 is 3.08 bits per heavy atom. The van der Waals surface area contributed by atoms with Crippen molar-refractivity contribution in [3.8, 4) is 0 Å². The minimum atomic E-state index is 0.226. The van der Waals surface area contributed by atoms with E-state index < -0.39 is 0 Å². The lowest BCUT2D eigenvalue weighted by atomic mass is 9.97. The molecular weight excluding hydrogens is 162 g/mol. The summed E-state index contributed by atoms with van der Waals surface area (Å²) in [5.41, 5.74) is 2.56. The van der Waals surface area contributed by atoms with Crippen LogP contribution in [0.25, 0.3) is 0 Å². The molecule has 68 valence electrons. The number of hydrogen-bond donors (Lipinski definition) is 1. The van der Waals surface area contributed by atoms with Crippen LogP contribution in [0.3, 0.4) is 0 Å². The molecule has 0 fully saturated rings. The van der Waals surface area contributed by atoms with Gasteiger partial charge in [-0.15, -0.1) is 0 Å². The minimum Gasteiger partial charge on any atom is -0.396 e. The average molecular weight is 175 g/mol. The van der Waals surface area contributed by atoms with Gasteiger partial charge < -0.3 is 5.11 Å². The molecule has 0 spiro atoms. The molecular formula is C11H13NO. The van der Waals surface area contributed by atoms with Crippen molar-refractivity contribution in [2.75, 3.05) is 6.61 Å². The predicted molar refractivity (Wildman–Crippen MR) is 53.2 cm³/mol. The maximum Gasteiger partial charge on any atom is 0.0562 e. The smallest absolute Gasteiger partial charge is 0.0562 e. The summed E-state index contributed by atoms with van der Waals surface area (Å²) in [5.74, 6) is 0. The Morgan fingerprint density at radius 1 is 1.38 bits per heavy atom. The van der Waals surface area contributed by atoms with Crippen molar-refractivity contribution >= 4 is 6.21 Å². The van der Waals surface area contributed by atoms with E-state index in [0.717, 1.165) is 12.8 Å². The first-order chi connectivity index (χ1) is 6.40. The maximum atomic E-state index is 8.79. The summed E-state index contributed by atoms with van der Waals surface area (Å²) < 4.78 is 0. The summed E-state index contributed by atoms with van der Waals surface area (Å²) >= 11 is 0. The summed E-state index contributed by atoms with van der Waals surface area (Å²) in [6, 6.07) is 8.56. The highest BCUT2D eigenvalue weighted by atomic mass is 16.3. The topological polar surface area (TPSA) is 32.6 Å². The zero-order chi connectivity index (χ0) is 9.10. The monoisotopic (exact) mass is 175 g/mol. The molecule has 1 aliphatic heterocycles. The number of aliphatic hydroxyl groups is 1. The molecule has 1 N–H and O–H groups in total. The molecule has 1 aliphatic rings. The summed E-state index contributed by atoms with van der Waals surface area (Å²) in [6.45, 7) is 0.226. The lowest BCUT2D eigenvalue weighted by Gasteiger charge is -2.17. The van der Waals surface area contributed by atoms with Crippen LogP contribution in [-0.2, 0) is 6.42 Å². The highest BCUT2D eigenvalue weighted by Crippen LogP contribution is 2.17. The zero-order valence-corrected chi connectivity index (χ0v) is 7.48. The van der Waals surface area contributed by atoms with Crippen LogP contribution in [0, 0.1) is 0 Å². The van der Waals surface area contributed by atoms with Crippen LogP contribution in [-0.4, -0.2) is 24.0 Å². The Balaban J connectivity index is 2.19. The first-order valence-corrected chi connectivity index (χ1v) is 4.62. The summed E-state index contributed by atoms with van der Waals surface area (Å²) in [7, 11) is 0. The van der Waals surface area contributed by atoms with Crippen molar-refractivity contribution in [2.45, 2.75) is 18.9 Å². The molecule has 0 unspecified atom stereocenters. The van der Waals surface area contributed by atoms with Crippen LogP contribution in [0.15, 0.2) is 29.3 Å². The van der Waals surface area contributed by atoms with Gasteiger partial charge in [-0.25, -0.2) is 0 Å². The SMILES string of the molecule is OCC[C@@H]1Cc2ccccc2C=N1. The van der Waals surface area contributed by atoms with Gasteiger partial charge in [-0.2, -0.15) is 0 Å². The predicted octanol–water partition coefficient (Wildman–Crippen LogP) is 1.41. The lowest BCUT2D eigenvalue weighted by molar-refractivity contribution is 0.275. The third-order valence-electron chi connectivity index (χ3n) is 2.40. The number of aliphatic imine (C=N–C) groups is 1. The number of nitrogens with zero attached hydrogens (tertiary/aromatic N) is 1. The van der Waals surface area contributed by atoms with Crippen LogP contribution in [0.5, 0.6) is 0 Å². The highest BCUT2D eigenvalue weighted by molar-refractivity contribution is 5.83. The normalized spacial score (nSPS) is 19.9. The average Bonchev–Trinajstić information content (AvgIpc) is 2.18. The third kappa shape index (κ3) is 1.78. The molecule has 1 aromatic rings. The van der Waals surface area contributed by atoms with Gasteiger partial charge in [0.25, 0.3) is 0 Å². The second-order valence-corrected chi connectivity index (χ2v) is 3.35. The maximum absolute atomic E-state index is 8.79. The number of hydrogen-bond acceptors (Lipinski definition) is 2. The number of rotatable bonds is 2. The molecule has 1 aromatic carbocycles. The van der Waals surface area contributed by atoms with Crippen molar-refractivity contribution in [2.24, 2.45) is 4.99 Å². The molecule has 1 heterocycles. The van der Waals surface area contributed by atoms with Gasteiger partial charge in [0, 0.05) is 12.8 Å². The largest absolute Gasteiger partial charge is 0.396 e. The van der Waals surface area contributed by atoms with Crippen LogP contribution in [0.2, 0.25) is 0 Å². The van der Waals surface area contributed by atoms with Crippen LogP contribution in [0.4, 0.5) is 0 Å². The van der Waals surface area contributed by atoms with E-state index in [1.54, 1.807) is 0 Å². The molecule has 1 atom stereocenters. The van der Waals surface area contributed by atoms with E-state index in [2.05, 4.69) is 17.1 Å². The van der Waals surface area contributed by atoms with Gasteiger partial charge in [-0.1, -0.05) is 24.3 Å². The molecule has 0 aliphatic carbocycles. The van der Waals surface area contributed by atoms with Gasteiger partial charge in [0.05, 0.1) is 6.04 Å². The number of benzene rings is 1. The first kappa shape index (κ1) is 8.45. The summed E-state index contributed by atoms with van der Waals surface area (Å²) in [6.07, 6.45) is 3.65. The number of fused-ring (bicyclic) bond motifs is 1. The van der Waals surface area contributed by atoms with Crippen LogP contribution < -0.4 is 0 Å². The molecule has 0 aromatic heterocycles. The van der Waals surface area contributed by atoms with E-state index in [0.29, 0.717) is 0 Å². The molecule has 13 heavy (non-hydrogen) atoms. The van der Waals surface area contributed by atoms with Crippen molar-refractivity contribution in [3.05, 3.63) is 35.4 Å². The Labute approximate surface area is 77.9 Å². The molecule has 2 nitrogen and oxygen atoms in total. The fourth-order valence-corrected chi connectivity index (χ4v) is 1.66. The third-order valence-corrected chi connectivity index (χ3v) is 2.40. The van der Waals surface area contributed by atoms with E-state index >= 15 is 0 Å². The zero-order valence-electron chi connectivity index (χ0n) is 7.48. The van der Waals surface area contributed by atoms with Gasteiger partial charge in [-0.3, -0.25) is 4.99 Å². The van der Waals surface area contributed by atoms with E-state index in [9.17, 15) is 0 Å². The quantitative estimate of drug-likeness (QED) is 0.724. The second-order valence-electron chi connectivity index (χ2n) is 3.35. The van der Waals surface area contributed by atoms with Crippen LogP contribution in [0.1, 0.15) is 17.5 Å². The second kappa shape index (κ2) is 3.71. The standard InChI is InChI=1S/C11H13NO/c13-6-5-11-7-9-3-1-2-4-10(9)8-12-11/h1-4,8,11,13H,5-7H2/t11-/m1/s1. The van der Waals surface area contributed by atoms with Gasteiger partial charge in [0.1, 0.15) is 0 Å². The van der Waals surface area contributed by atoms with Crippen molar-refractivity contribution in [1.29, 1.82) is 0 Å². The molecule has 0 amide bonds. The van der Waals surface area contributed by atoms with Gasteiger partial charge in [0.15, 0.2) is 0 Å². The Bertz CT molecular complexity index is 320. The molecule has 0 radical (unpaired) electrons. The van der Waals surface area contributed by atoms with E-state index in [4.69, 9.17) is 5.11 Å². The minimum absolute atomic E-state index is 0.226. The van der Waals surface area contributed by atoms with Crippen molar-refractivity contribution in [1.82, 2.24) is 0 Å². The fraction of sp³-hybridized carbons (Fsp3) is 0.364.